The highest BCUT2D eigenvalue weighted by Gasteiger charge is 2.09. The number of hydrazone groups is 1. The molecule has 0 amide bonds. The fraction of sp³-hybridized carbons (Fsp3) is 0.0455. The van der Waals surface area contributed by atoms with E-state index < -0.39 is 0 Å². The first-order chi connectivity index (χ1) is 15.2. The summed E-state index contributed by atoms with van der Waals surface area (Å²) in [6.45, 7) is 0. The minimum Gasteiger partial charge on any atom is -0.457 e. The van der Waals surface area contributed by atoms with Crippen LogP contribution in [-0.2, 0) is 5.75 Å². The summed E-state index contributed by atoms with van der Waals surface area (Å²) < 4.78 is 7.21. The van der Waals surface area contributed by atoms with E-state index in [1.54, 1.807) is 6.21 Å². The highest BCUT2D eigenvalue weighted by Crippen LogP contribution is 2.23. The second kappa shape index (κ2) is 10.0. The van der Waals surface area contributed by atoms with Crippen molar-refractivity contribution in [1.82, 2.24) is 14.9 Å². The van der Waals surface area contributed by atoms with Crippen molar-refractivity contribution in [2.24, 2.45) is 5.10 Å². The number of rotatable bonds is 8. The van der Waals surface area contributed by atoms with E-state index in [-0.39, 0.29) is 0 Å². The number of hydrogen-bond donors (Lipinski definition) is 2. The van der Waals surface area contributed by atoms with Crippen LogP contribution in [0, 0.1) is 0 Å². The first kappa shape index (κ1) is 20.8. The number of ether oxygens (including phenoxy) is 1. The maximum Gasteiger partial charge on any atom is 0.264 e. The zero-order valence-electron chi connectivity index (χ0n) is 16.4. The maximum absolute atomic E-state index is 6.07. The van der Waals surface area contributed by atoms with Gasteiger partial charge in [-0.25, -0.2) is 10.1 Å². The first-order valence-electron chi connectivity index (χ1n) is 9.37. The van der Waals surface area contributed by atoms with E-state index in [1.807, 2.05) is 78.9 Å². The Morgan fingerprint density at radius 3 is 2.58 bits per heavy atom. The molecule has 31 heavy (non-hydrogen) atoms. The van der Waals surface area contributed by atoms with Crippen LogP contribution in [0.25, 0.3) is 0 Å². The fourth-order valence-electron chi connectivity index (χ4n) is 2.63. The van der Waals surface area contributed by atoms with Crippen molar-refractivity contribution in [2.45, 2.75) is 10.9 Å². The molecule has 0 aliphatic carbocycles. The van der Waals surface area contributed by atoms with Crippen molar-refractivity contribution in [1.29, 1.82) is 0 Å². The van der Waals surface area contributed by atoms with Gasteiger partial charge in [-0.1, -0.05) is 65.8 Å². The molecule has 4 rings (SSSR count). The molecule has 0 unspecified atom stereocenters. The van der Waals surface area contributed by atoms with Gasteiger partial charge in [-0.05, 0) is 47.5 Å². The van der Waals surface area contributed by atoms with Crippen molar-refractivity contribution in [3.8, 4) is 11.5 Å². The summed E-state index contributed by atoms with van der Waals surface area (Å²) in [5, 5.41) is 13.6. The Hall–Kier alpha value is -3.49. The van der Waals surface area contributed by atoms with Crippen molar-refractivity contribution in [3.63, 3.8) is 0 Å². The molecule has 0 atom stereocenters. The molecule has 156 valence electrons. The summed E-state index contributed by atoms with van der Waals surface area (Å²) in [6.07, 6.45) is 1.66. The molecule has 0 aliphatic rings. The van der Waals surface area contributed by atoms with Crippen LogP contribution in [0.15, 0.2) is 89.1 Å². The van der Waals surface area contributed by atoms with Gasteiger partial charge in [-0.15, -0.1) is 10.2 Å². The predicted octanol–water partition coefficient (Wildman–Crippen LogP) is 5.18. The molecule has 1 aromatic heterocycles. The van der Waals surface area contributed by atoms with Crippen LogP contribution >= 0.6 is 23.4 Å². The average molecular weight is 451 g/mol. The van der Waals surface area contributed by atoms with E-state index in [2.05, 4.69) is 20.7 Å². The number of nitrogens with zero attached hydrogens (tertiary/aromatic N) is 4. The lowest BCUT2D eigenvalue weighted by Crippen LogP contribution is -2.13. The summed E-state index contributed by atoms with van der Waals surface area (Å²) in [5.41, 5.74) is 4.79. The number of hydrogen-bond acceptors (Lipinski definition) is 7. The van der Waals surface area contributed by atoms with E-state index in [0.717, 1.165) is 22.6 Å². The summed E-state index contributed by atoms with van der Waals surface area (Å²) in [6, 6.07) is 24.8. The largest absolute Gasteiger partial charge is 0.457 e. The van der Waals surface area contributed by atoms with Gasteiger partial charge in [0.15, 0.2) is 0 Å². The molecule has 0 radical (unpaired) electrons. The zero-order chi connectivity index (χ0) is 21.5. The Morgan fingerprint density at radius 2 is 1.77 bits per heavy atom. The van der Waals surface area contributed by atoms with E-state index in [4.69, 9.17) is 22.2 Å². The molecule has 4 aromatic rings. The Bertz CT molecular complexity index is 1160. The average Bonchev–Trinajstić information content (AvgIpc) is 3.14. The lowest BCUT2D eigenvalue weighted by atomic mass is 10.2. The third-order valence-corrected chi connectivity index (χ3v) is 5.43. The van der Waals surface area contributed by atoms with Crippen LogP contribution in [0.2, 0.25) is 5.02 Å². The van der Waals surface area contributed by atoms with Gasteiger partial charge < -0.3 is 10.6 Å². The van der Waals surface area contributed by atoms with Crippen LogP contribution in [-0.4, -0.2) is 21.1 Å². The Morgan fingerprint density at radius 1 is 1.00 bits per heavy atom. The topological polar surface area (TPSA) is 90.3 Å². The number of nitrogens with two attached hydrogens (primary N) is 1. The number of para-hydroxylation sites is 1. The summed E-state index contributed by atoms with van der Waals surface area (Å²) in [4.78, 5) is 0. The fourth-order valence-corrected chi connectivity index (χ4v) is 3.57. The second-order valence-corrected chi connectivity index (χ2v) is 7.83. The van der Waals surface area contributed by atoms with Crippen molar-refractivity contribution >= 4 is 35.5 Å². The molecule has 0 bridgehead atoms. The van der Waals surface area contributed by atoms with E-state index in [9.17, 15) is 0 Å². The molecular formula is C22H19ClN6OS. The van der Waals surface area contributed by atoms with Crippen molar-refractivity contribution in [3.05, 3.63) is 95.0 Å². The van der Waals surface area contributed by atoms with E-state index in [0.29, 0.717) is 21.9 Å². The number of thioether (sulfide) groups is 1. The molecule has 0 saturated carbocycles. The number of anilines is 1. The number of nitrogens with one attached hydrogen (secondary N) is 1. The smallest absolute Gasteiger partial charge is 0.264 e. The predicted molar refractivity (Wildman–Crippen MR) is 125 cm³/mol. The van der Waals surface area contributed by atoms with Gasteiger partial charge in [0.25, 0.3) is 5.95 Å². The number of nitrogen functional groups attached to an aromatic ring is 1. The van der Waals surface area contributed by atoms with Crippen LogP contribution in [0.3, 0.4) is 0 Å². The van der Waals surface area contributed by atoms with Crippen LogP contribution in [0.5, 0.6) is 11.5 Å². The minimum atomic E-state index is 0.339. The number of benzene rings is 3. The minimum absolute atomic E-state index is 0.339. The van der Waals surface area contributed by atoms with Crippen LogP contribution in [0.4, 0.5) is 5.95 Å². The van der Waals surface area contributed by atoms with Gasteiger partial charge in [-0.3, -0.25) is 0 Å². The summed E-state index contributed by atoms with van der Waals surface area (Å²) >= 11 is 7.39. The SMILES string of the molecule is Nn1c(N/N=C/c2cccc(Oc3ccccc3)c2)nnc1SCc1ccc(Cl)cc1. The quantitative estimate of drug-likeness (QED) is 0.166. The lowest BCUT2D eigenvalue weighted by Gasteiger charge is -2.06. The van der Waals surface area contributed by atoms with E-state index >= 15 is 0 Å². The normalized spacial score (nSPS) is 11.0. The van der Waals surface area contributed by atoms with Crippen molar-refractivity contribution in [2.75, 3.05) is 11.3 Å². The zero-order valence-corrected chi connectivity index (χ0v) is 17.9. The molecule has 3 N–H and O–H groups in total. The third kappa shape index (κ3) is 5.78. The molecule has 3 aromatic carbocycles. The lowest BCUT2D eigenvalue weighted by molar-refractivity contribution is 0.482. The Balaban J connectivity index is 1.35. The molecule has 0 spiro atoms. The standard InChI is InChI=1S/C22H19ClN6OS/c23-18-11-9-16(10-12-18)15-31-22-28-27-21(29(22)24)26-25-14-17-5-4-8-20(13-17)30-19-6-2-1-3-7-19/h1-14H,15,24H2,(H,26,27)/b25-14+. The summed E-state index contributed by atoms with van der Waals surface area (Å²) in [7, 11) is 0. The third-order valence-electron chi connectivity index (χ3n) is 4.16. The van der Waals surface area contributed by atoms with Crippen LogP contribution < -0.4 is 16.0 Å². The monoisotopic (exact) mass is 450 g/mol. The Kier molecular flexibility index (Phi) is 6.71. The van der Waals surface area contributed by atoms with Gasteiger partial charge in [0.05, 0.1) is 6.21 Å². The summed E-state index contributed by atoms with van der Waals surface area (Å²) in [5.74, 6) is 8.61. The van der Waals surface area contributed by atoms with Crippen molar-refractivity contribution < 1.29 is 4.74 Å². The Labute approximate surface area is 188 Å². The molecule has 1 heterocycles. The number of halogens is 1. The molecule has 9 heteroatoms. The van der Waals surface area contributed by atoms with Gasteiger partial charge in [0.2, 0.25) is 5.16 Å². The highest BCUT2D eigenvalue weighted by molar-refractivity contribution is 7.98. The molecule has 0 fully saturated rings. The van der Waals surface area contributed by atoms with Gasteiger partial charge >= 0.3 is 0 Å². The van der Waals surface area contributed by atoms with Gasteiger partial charge in [0.1, 0.15) is 11.5 Å². The molecular weight excluding hydrogens is 432 g/mol. The highest BCUT2D eigenvalue weighted by atomic mass is 35.5. The van der Waals surface area contributed by atoms with E-state index in [1.165, 1.54) is 16.4 Å². The van der Waals surface area contributed by atoms with Gasteiger partial charge in [-0.2, -0.15) is 5.10 Å². The molecule has 7 nitrogen and oxygen atoms in total. The first-order valence-corrected chi connectivity index (χ1v) is 10.7. The maximum atomic E-state index is 6.07. The molecule has 0 aliphatic heterocycles. The van der Waals surface area contributed by atoms with Crippen LogP contribution in [0.1, 0.15) is 11.1 Å². The number of aromatic nitrogens is 3. The second-order valence-electron chi connectivity index (χ2n) is 6.45. The molecule has 0 saturated heterocycles. The van der Waals surface area contributed by atoms with Gasteiger partial charge in [0, 0.05) is 10.8 Å².